The summed E-state index contributed by atoms with van der Waals surface area (Å²) in [5.74, 6) is -0.522. The molecular formula is C27H29Cl2N3O2. The molecule has 1 aromatic heterocycles. The fourth-order valence-electron chi connectivity index (χ4n) is 3.56. The Morgan fingerprint density at radius 1 is 0.971 bits per heavy atom. The number of carbonyl (C=O) groups excluding carboxylic acids is 2. The topological polar surface area (TPSA) is 62.3 Å². The van der Waals surface area contributed by atoms with E-state index < -0.39 is 0 Å². The average molecular weight is 498 g/mol. The van der Waals surface area contributed by atoms with Crippen LogP contribution in [-0.2, 0) is 23.2 Å². The van der Waals surface area contributed by atoms with Crippen LogP contribution < -0.4 is 5.32 Å². The van der Waals surface area contributed by atoms with Gasteiger partial charge in [-0.3, -0.25) is 9.59 Å². The van der Waals surface area contributed by atoms with Gasteiger partial charge in [0.15, 0.2) is 5.69 Å². The Morgan fingerprint density at radius 2 is 1.65 bits per heavy atom. The Balaban J connectivity index is 1.89. The van der Waals surface area contributed by atoms with Crippen molar-refractivity contribution in [2.45, 2.75) is 46.1 Å². The molecule has 0 saturated carbocycles. The normalized spacial score (nSPS) is 11.2. The van der Waals surface area contributed by atoms with E-state index in [9.17, 15) is 9.59 Å². The van der Waals surface area contributed by atoms with E-state index in [2.05, 4.69) is 43.2 Å². The summed E-state index contributed by atoms with van der Waals surface area (Å²) in [6, 6.07) is 17.1. The number of anilines is 1. The summed E-state index contributed by atoms with van der Waals surface area (Å²) in [5, 5.41) is 3.67. The van der Waals surface area contributed by atoms with Crippen molar-refractivity contribution in [2.75, 3.05) is 11.9 Å². The first kappa shape index (κ1) is 25.7. The maximum atomic E-state index is 13.6. The number of halogens is 2. The summed E-state index contributed by atoms with van der Waals surface area (Å²) in [5.41, 5.74) is 3.84. The molecule has 178 valence electrons. The summed E-state index contributed by atoms with van der Waals surface area (Å²) in [6.07, 6.45) is 2.14. The van der Waals surface area contributed by atoms with E-state index in [4.69, 9.17) is 23.2 Å². The molecule has 34 heavy (non-hydrogen) atoms. The summed E-state index contributed by atoms with van der Waals surface area (Å²) in [6.45, 7) is 8.74. The highest BCUT2D eigenvalue weighted by atomic mass is 35.5. The van der Waals surface area contributed by atoms with Gasteiger partial charge < -0.3 is 10.2 Å². The lowest BCUT2D eigenvalue weighted by atomic mass is 9.87. The molecule has 3 rings (SSSR count). The highest BCUT2D eigenvalue weighted by molar-refractivity contribution is 6.42. The minimum Gasteiger partial charge on any atom is -0.333 e. The van der Waals surface area contributed by atoms with E-state index in [1.54, 1.807) is 29.3 Å². The van der Waals surface area contributed by atoms with Crippen LogP contribution in [0.2, 0.25) is 10.0 Å². The Labute approximate surface area is 211 Å². The summed E-state index contributed by atoms with van der Waals surface area (Å²) >= 11 is 12.2. The fraction of sp³-hybridized carbons (Fsp3) is 0.296. The molecule has 0 aliphatic rings. The lowest BCUT2D eigenvalue weighted by Crippen LogP contribution is -2.34. The van der Waals surface area contributed by atoms with Crippen molar-refractivity contribution in [3.63, 3.8) is 0 Å². The quantitative estimate of drug-likeness (QED) is 0.403. The van der Waals surface area contributed by atoms with Gasteiger partial charge in [0, 0.05) is 26.2 Å². The van der Waals surface area contributed by atoms with Crippen LogP contribution in [0.5, 0.6) is 0 Å². The summed E-state index contributed by atoms with van der Waals surface area (Å²) in [4.78, 5) is 31.2. The zero-order valence-corrected chi connectivity index (χ0v) is 21.4. The van der Waals surface area contributed by atoms with Crippen molar-refractivity contribution < 1.29 is 9.59 Å². The molecule has 7 heteroatoms. The largest absolute Gasteiger partial charge is 0.333 e. The molecule has 3 aromatic rings. The van der Waals surface area contributed by atoms with Crippen LogP contribution in [0, 0.1) is 0 Å². The molecule has 2 aromatic carbocycles. The highest BCUT2D eigenvalue weighted by Crippen LogP contribution is 2.25. The number of amides is 2. The molecule has 0 saturated heterocycles. The van der Waals surface area contributed by atoms with E-state index in [-0.39, 0.29) is 22.9 Å². The minimum atomic E-state index is -0.262. The van der Waals surface area contributed by atoms with Gasteiger partial charge >= 0.3 is 0 Å². The van der Waals surface area contributed by atoms with Crippen LogP contribution >= 0.6 is 23.2 Å². The SMILES string of the molecule is CC(=O)Nc1cccnc1C(=O)N(CCc1ccc(Cl)c(Cl)c1)Cc1ccc(C(C)(C)C)cc1. The van der Waals surface area contributed by atoms with Gasteiger partial charge in [-0.2, -0.15) is 0 Å². The Kier molecular flexibility index (Phi) is 8.34. The first-order chi connectivity index (χ1) is 16.0. The molecule has 0 fully saturated rings. The maximum absolute atomic E-state index is 13.6. The number of nitrogens with one attached hydrogen (secondary N) is 1. The van der Waals surface area contributed by atoms with Crippen molar-refractivity contribution in [3.8, 4) is 0 Å². The molecule has 1 heterocycles. The molecule has 0 spiro atoms. The van der Waals surface area contributed by atoms with Gasteiger partial charge in [-0.05, 0) is 52.8 Å². The zero-order valence-electron chi connectivity index (χ0n) is 19.9. The number of hydrogen-bond donors (Lipinski definition) is 1. The van der Waals surface area contributed by atoms with E-state index in [1.165, 1.54) is 12.5 Å². The summed E-state index contributed by atoms with van der Waals surface area (Å²) in [7, 11) is 0. The molecule has 0 aliphatic carbocycles. The van der Waals surface area contributed by atoms with Gasteiger partial charge in [0.05, 0.1) is 15.7 Å². The van der Waals surface area contributed by atoms with E-state index in [0.717, 1.165) is 11.1 Å². The van der Waals surface area contributed by atoms with Gasteiger partial charge in [-0.1, -0.05) is 74.3 Å². The fourth-order valence-corrected chi connectivity index (χ4v) is 3.88. The number of benzene rings is 2. The molecular weight excluding hydrogens is 469 g/mol. The predicted molar refractivity (Wildman–Crippen MR) is 139 cm³/mol. The highest BCUT2D eigenvalue weighted by Gasteiger charge is 2.22. The van der Waals surface area contributed by atoms with Crippen LogP contribution in [-0.4, -0.2) is 28.2 Å². The van der Waals surface area contributed by atoms with Crippen molar-refractivity contribution >= 4 is 40.7 Å². The lowest BCUT2D eigenvalue weighted by Gasteiger charge is -2.25. The van der Waals surface area contributed by atoms with Crippen molar-refractivity contribution in [3.05, 3.63) is 93.2 Å². The third-order valence-corrected chi connectivity index (χ3v) is 6.20. The monoisotopic (exact) mass is 497 g/mol. The average Bonchev–Trinajstić information content (AvgIpc) is 2.78. The standard InChI is InChI=1S/C27H29Cl2N3O2/c1-18(33)31-24-6-5-14-30-25(24)26(34)32(15-13-19-9-12-22(28)23(29)16-19)17-20-7-10-21(11-8-20)27(2,3)4/h5-12,14,16H,13,15,17H2,1-4H3,(H,31,33). The number of pyridine rings is 1. The van der Waals surface area contributed by atoms with E-state index >= 15 is 0 Å². The number of rotatable bonds is 7. The van der Waals surface area contributed by atoms with Gasteiger partial charge in [0.1, 0.15) is 0 Å². The molecule has 5 nitrogen and oxygen atoms in total. The molecule has 2 amide bonds. The van der Waals surface area contributed by atoms with Gasteiger partial charge in [0.25, 0.3) is 5.91 Å². The molecule has 1 N–H and O–H groups in total. The summed E-state index contributed by atoms with van der Waals surface area (Å²) < 4.78 is 0. The van der Waals surface area contributed by atoms with Crippen molar-refractivity contribution in [2.24, 2.45) is 0 Å². The second kappa shape index (κ2) is 11.0. The van der Waals surface area contributed by atoms with E-state index in [1.807, 2.05) is 24.3 Å². The lowest BCUT2D eigenvalue weighted by molar-refractivity contribution is -0.114. The van der Waals surface area contributed by atoms with Crippen LogP contribution in [0.3, 0.4) is 0 Å². The Morgan fingerprint density at radius 3 is 2.26 bits per heavy atom. The van der Waals surface area contributed by atoms with Gasteiger partial charge in [-0.15, -0.1) is 0 Å². The van der Waals surface area contributed by atoms with Crippen molar-refractivity contribution in [1.82, 2.24) is 9.88 Å². The first-order valence-electron chi connectivity index (χ1n) is 11.1. The van der Waals surface area contributed by atoms with E-state index in [0.29, 0.717) is 35.2 Å². The molecule has 0 unspecified atom stereocenters. The second-order valence-corrected chi connectivity index (χ2v) is 10.1. The van der Waals surface area contributed by atoms with Crippen LogP contribution in [0.1, 0.15) is 54.9 Å². The van der Waals surface area contributed by atoms with Crippen LogP contribution in [0.4, 0.5) is 5.69 Å². The van der Waals surface area contributed by atoms with Gasteiger partial charge in [-0.25, -0.2) is 4.98 Å². The Bertz CT molecular complexity index is 1170. The number of hydrogen-bond acceptors (Lipinski definition) is 3. The molecule has 0 radical (unpaired) electrons. The predicted octanol–water partition coefficient (Wildman–Crippen LogP) is 6.53. The van der Waals surface area contributed by atoms with Crippen molar-refractivity contribution in [1.29, 1.82) is 0 Å². The second-order valence-electron chi connectivity index (χ2n) is 9.25. The zero-order chi connectivity index (χ0) is 24.9. The number of carbonyl (C=O) groups is 2. The minimum absolute atomic E-state index is 0.0447. The van der Waals surface area contributed by atoms with Crippen LogP contribution in [0.15, 0.2) is 60.8 Å². The smallest absolute Gasteiger partial charge is 0.274 e. The Hall–Kier alpha value is -2.89. The molecule has 0 bridgehead atoms. The third kappa shape index (κ3) is 6.81. The maximum Gasteiger partial charge on any atom is 0.274 e. The molecule has 0 atom stereocenters. The third-order valence-electron chi connectivity index (χ3n) is 5.46. The van der Waals surface area contributed by atoms with Crippen LogP contribution in [0.25, 0.3) is 0 Å². The number of nitrogens with zero attached hydrogens (tertiary/aromatic N) is 2. The first-order valence-corrected chi connectivity index (χ1v) is 11.9. The number of aromatic nitrogens is 1. The molecule has 0 aliphatic heterocycles. The van der Waals surface area contributed by atoms with Gasteiger partial charge in [0.2, 0.25) is 5.91 Å².